The molecule has 0 atom stereocenters. The van der Waals surface area contributed by atoms with Gasteiger partial charge in [0.2, 0.25) is 0 Å². The molecule has 0 bridgehead atoms. The number of fused-ring (bicyclic) bond motifs is 1. The zero-order valence-electron chi connectivity index (χ0n) is 11.1. The number of hydrogen-bond donors (Lipinski definition) is 2. The Morgan fingerprint density at radius 2 is 1.86 bits per heavy atom. The highest BCUT2D eigenvalue weighted by Gasteiger charge is 2.15. The lowest BCUT2D eigenvalue weighted by molar-refractivity contribution is 0.159. The van der Waals surface area contributed by atoms with Crippen LogP contribution >= 0.6 is 15.9 Å². The highest BCUT2D eigenvalue weighted by atomic mass is 79.9. The molecule has 0 radical (unpaired) electrons. The number of rotatable bonds is 4. The van der Waals surface area contributed by atoms with Gasteiger partial charge in [0, 0.05) is 4.47 Å². The van der Waals surface area contributed by atoms with E-state index >= 15 is 0 Å². The average Bonchev–Trinajstić information content (AvgIpc) is 2.38. The van der Waals surface area contributed by atoms with E-state index in [4.69, 9.17) is 0 Å². The maximum absolute atomic E-state index is 11.7. The first-order valence-corrected chi connectivity index (χ1v) is 8.34. The van der Waals surface area contributed by atoms with Gasteiger partial charge in [-0.1, -0.05) is 28.1 Å². The SMILES string of the molecule is CCOC(=O)NS(=O)(=O)Nc1ccc2cc(Br)ccc2c1. The Hall–Kier alpha value is -1.80. The summed E-state index contributed by atoms with van der Waals surface area (Å²) in [4.78, 5) is 11.1. The fourth-order valence-electron chi connectivity index (χ4n) is 1.73. The van der Waals surface area contributed by atoms with Crippen molar-refractivity contribution in [1.29, 1.82) is 0 Å². The van der Waals surface area contributed by atoms with E-state index in [1.807, 2.05) is 18.2 Å². The van der Waals surface area contributed by atoms with Gasteiger partial charge >= 0.3 is 16.3 Å². The number of hydrogen-bond acceptors (Lipinski definition) is 4. The summed E-state index contributed by atoms with van der Waals surface area (Å²) in [7, 11) is -4.02. The molecule has 1 amide bonds. The van der Waals surface area contributed by atoms with Crippen molar-refractivity contribution in [1.82, 2.24) is 4.72 Å². The van der Waals surface area contributed by atoms with Crippen molar-refractivity contribution in [2.75, 3.05) is 11.3 Å². The highest BCUT2D eigenvalue weighted by Crippen LogP contribution is 2.23. The molecule has 0 heterocycles. The molecule has 0 fully saturated rings. The lowest BCUT2D eigenvalue weighted by atomic mass is 10.1. The molecule has 2 N–H and O–H groups in total. The van der Waals surface area contributed by atoms with Crippen molar-refractivity contribution in [2.45, 2.75) is 6.92 Å². The van der Waals surface area contributed by atoms with Crippen molar-refractivity contribution < 1.29 is 17.9 Å². The summed E-state index contributed by atoms with van der Waals surface area (Å²) in [5.74, 6) is 0. The molecule has 6 nitrogen and oxygen atoms in total. The molecule has 0 aromatic heterocycles. The number of carbonyl (C=O) groups is 1. The van der Waals surface area contributed by atoms with E-state index < -0.39 is 16.3 Å². The largest absolute Gasteiger partial charge is 0.449 e. The minimum Gasteiger partial charge on any atom is -0.449 e. The fourth-order valence-corrected chi connectivity index (χ4v) is 2.88. The van der Waals surface area contributed by atoms with E-state index in [9.17, 15) is 13.2 Å². The minimum atomic E-state index is -4.02. The monoisotopic (exact) mass is 372 g/mol. The van der Waals surface area contributed by atoms with Crippen molar-refractivity contribution in [3.63, 3.8) is 0 Å². The van der Waals surface area contributed by atoms with Gasteiger partial charge in [-0.2, -0.15) is 8.42 Å². The molecule has 21 heavy (non-hydrogen) atoms. The van der Waals surface area contributed by atoms with Crippen LogP contribution in [0.25, 0.3) is 10.8 Å². The van der Waals surface area contributed by atoms with Crippen LogP contribution in [0.2, 0.25) is 0 Å². The van der Waals surface area contributed by atoms with E-state index in [0.29, 0.717) is 5.69 Å². The van der Waals surface area contributed by atoms with E-state index in [0.717, 1.165) is 15.2 Å². The number of nitrogens with one attached hydrogen (secondary N) is 2. The van der Waals surface area contributed by atoms with Crippen molar-refractivity contribution in [2.24, 2.45) is 0 Å². The Balaban J connectivity index is 2.19. The first-order chi connectivity index (χ1) is 9.89. The summed E-state index contributed by atoms with van der Waals surface area (Å²) in [6, 6.07) is 10.7. The molecule has 0 aliphatic carbocycles. The Morgan fingerprint density at radius 1 is 1.19 bits per heavy atom. The predicted molar refractivity (Wildman–Crippen MR) is 84.3 cm³/mol. The van der Waals surface area contributed by atoms with Crippen LogP contribution in [0.15, 0.2) is 40.9 Å². The molecule has 8 heteroatoms. The van der Waals surface area contributed by atoms with Crippen LogP contribution in [0.1, 0.15) is 6.92 Å². The molecule has 0 spiro atoms. The number of anilines is 1. The summed E-state index contributed by atoms with van der Waals surface area (Å²) in [5.41, 5.74) is 0.349. The Bertz CT molecular complexity index is 777. The third-order valence-corrected chi connectivity index (χ3v) is 3.98. The molecule has 2 aromatic carbocycles. The molecule has 2 aromatic rings. The van der Waals surface area contributed by atoms with Gasteiger partial charge in [0.15, 0.2) is 0 Å². The third kappa shape index (κ3) is 4.33. The zero-order chi connectivity index (χ0) is 15.5. The maximum atomic E-state index is 11.7. The zero-order valence-corrected chi connectivity index (χ0v) is 13.5. The Morgan fingerprint density at radius 3 is 2.57 bits per heavy atom. The summed E-state index contributed by atoms with van der Waals surface area (Å²) < 4.78 is 33.0. The van der Waals surface area contributed by atoms with Crippen LogP contribution in [0, 0.1) is 0 Å². The van der Waals surface area contributed by atoms with Gasteiger partial charge in [-0.25, -0.2) is 9.52 Å². The molecule has 0 unspecified atom stereocenters. The van der Waals surface area contributed by atoms with Gasteiger partial charge in [0.25, 0.3) is 0 Å². The van der Waals surface area contributed by atoms with Crippen LogP contribution in [-0.2, 0) is 14.9 Å². The van der Waals surface area contributed by atoms with Gasteiger partial charge in [0.05, 0.1) is 12.3 Å². The number of benzene rings is 2. The smallest absolute Gasteiger partial charge is 0.422 e. The third-order valence-electron chi connectivity index (χ3n) is 2.55. The second kappa shape index (κ2) is 6.31. The number of ether oxygens (including phenoxy) is 1. The van der Waals surface area contributed by atoms with Crippen molar-refractivity contribution in [3.8, 4) is 0 Å². The first-order valence-electron chi connectivity index (χ1n) is 6.06. The molecule has 0 aliphatic heterocycles. The summed E-state index contributed by atoms with van der Waals surface area (Å²) in [6.45, 7) is 1.67. The molecular formula is C13H13BrN2O4S. The van der Waals surface area contributed by atoms with Crippen LogP contribution in [0.3, 0.4) is 0 Å². The highest BCUT2D eigenvalue weighted by molar-refractivity contribution is 9.10. The van der Waals surface area contributed by atoms with Gasteiger partial charge in [-0.15, -0.1) is 0 Å². The quantitative estimate of drug-likeness (QED) is 0.863. The minimum absolute atomic E-state index is 0.0895. The van der Waals surface area contributed by atoms with Crippen LogP contribution in [0.5, 0.6) is 0 Å². The summed E-state index contributed by atoms with van der Waals surface area (Å²) >= 11 is 3.37. The van der Waals surface area contributed by atoms with Crippen LogP contribution in [0.4, 0.5) is 10.5 Å². The molecule has 0 aliphatic rings. The number of amides is 1. The number of carbonyl (C=O) groups excluding carboxylic acids is 1. The average molecular weight is 373 g/mol. The normalized spacial score (nSPS) is 11.1. The number of halogens is 1. The second-order valence-electron chi connectivity index (χ2n) is 4.13. The van der Waals surface area contributed by atoms with Crippen molar-refractivity contribution in [3.05, 3.63) is 40.9 Å². The fraction of sp³-hybridized carbons (Fsp3) is 0.154. The second-order valence-corrected chi connectivity index (χ2v) is 6.47. The van der Waals surface area contributed by atoms with Gasteiger partial charge in [0.1, 0.15) is 0 Å². The summed E-state index contributed by atoms with van der Waals surface area (Å²) in [5, 5.41) is 1.83. The van der Waals surface area contributed by atoms with E-state index in [1.165, 1.54) is 0 Å². The maximum Gasteiger partial charge on any atom is 0.422 e. The molecule has 0 saturated heterocycles. The molecular weight excluding hydrogens is 360 g/mol. The van der Waals surface area contributed by atoms with Gasteiger partial charge in [-0.3, -0.25) is 4.72 Å². The predicted octanol–water partition coefficient (Wildman–Crippen LogP) is 3.01. The molecule has 0 saturated carbocycles. The van der Waals surface area contributed by atoms with E-state index in [1.54, 1.807) is 29.8 Å². The van der Waals surface area contributed by atoms with E-state index in [-0.39, 0.29) is 6.61 Å². The molecule has 2 rings (SSSR count). The first kappa shape index (κ1) is 15.6. The standard InChI is InChI=1S/C13H13BrN2O4S/c1-2-20-13(17)16-21(18,19)15-12-6-4-9-7-11(14)5-3-10(9)8-12/h3-8,15H,2H2,1H3,(H,16,17). The van der Waals surface area contributed by atoms with E-state index in [2.05, 4.69) is 25.4 Å². The van der Waals surface area contributed by atoms with Gasteiger partial charge in [-0.05, 0) is 42.0 Å². The lowest BCUT2D eigenvalue weighted by Gasteiger charge is -2.10. The Kier molecular flexibility index (Phi) is 4.69. The van der Waals surface area contributed by atoms with Gasteiger partial charge < -0.3 is 4.74 Å². The van der Waals surface area contributed by atoms with Crippen molar-refractivity contribution >= 4 is 48.7 Å². The lowest BCUT2D eigenvalue weighted by Crippen LogP contribution is -2.35. The molecule has 112 valence electrons. The summed E-state index contributed by atoms with van der Waals surface area (Å²) in [6.07, 6.45) is -1.02. The van der Waals surface area contributed by atoms with Crippen LogP contribution in [-0.4, -0.2) is 21.1 Å². The Labute approximate surface area is 130 Å². The topological polar surface area (TPSA) is 84.5 Å². The van der Waals surface area contributed by atoms with Crippen LogP contribution < -0.4 is 9.44 Å².